The molecular formula is C14H16ClF3N2. The van der Waals surface area contributed by atoms with Crippen LogP contribution in [0.1, 0.15) is 30.7 Å². The van der Waals surface area contributed by atoms with Crippen LogP contribution in [-0.4, -0.2) is 15.7 Å². The Morgan fingerprint density at radius 1 is 1.25 bits per heavy atom. The Hall–Kier alpha value is -1.23. The Kier molecular flexibility index (Phi) is 4.58. The van der Waals surface area contributed by atoms with E-state index in [9.17, 15) is 13.2 Å². The molecule has 6 heteroatoms. The molecule has 1 aromatic carbocycles. The quantitative estimate of drug-likeness (QED) is 0.572. The molecule has 0 saturated heterocycles. The van der Waals surface area contributed by atoms with E-state index >= 15 is 0 Å². The van der Waals surface area contributed by atoms with Crippen molar-refractivity contribution in [3.8, 4) is 0 Å². The van der Waals surface area contributed by atoms with Crippen LogP contribution >= 0.6 is 11.6 Å². The van der Waals surface area contributed by atoms with Gasteiger partial charge in [0.1, 0.15) is 5.82 Å². The zero-order chi connectivity index (χ0) is 14.8. The minimum Gasteiger partial charge on any atom is -0.327 e. The number of unbranched alkanes of at least 4 members (excludes halogenated alkanes) is 1. The maximum absolute atomic E-state index is 12.1. The van der Waals surface area contributed by atoms with Gasteiger partial charge in [0.15, 0.2) is 0 Å². The largest absolute Gasteiger partial charge is 0.389 e. The summed E-state index contributed by atoms with van der Waals surface area (Å²) in [6.07, 6.45) is -4.24. The van der Waals surface area contributed by atoms with E-state index in [0.29, 0.717) is 18.8 Å². The summed E-state index contributed by atoms with van der Waals surface area (Å²) in [5, 5.41) is 0. The van der Waals surface area contributed by atoms with Crippen molar-refractivity contribution in [2.24, 2.45) is 0 Å². The fourth-order valence-corrected chi connectivity index (χ4v) is 2.56. The third-order valence-electron chi connectivity index (χ3n) is 3.26. The lowest BCUT2D eigenvalue weighted by Crippen LogP contribution is -2.08. The number of benzene rings is 1. The fraction of sp³-hybridized carbons (Fsp3) is 0.500. The lowest BCUT2D eigenvalue weighted by atomic mass is 10.2. The molecule has 1 aromatic heterocycles. The third kappa shape index (κ3) is 3.45. The van der Waals surface area contributed by atoms with Gasteiger partial charge in [-0.15, -0.1) is 11.6 Å². The van der Waals surface area contributed by atoms with Gasteiger partial charge in [-0.05, 0) is 31.4 Å². The monoisotopic (exact) mass is 304 g/mol. The van der Waals surface area contributed by atoms with Crippen molar-refractivity contribution in [1.29, 1.82) is 0 Å². The molecule has 0 atom stereocenters. The van der Waals surface area contributed by atoms with E-state index in [1.807, 2.05) is 29.7 Å². The summed E-state index contributed by atoms with van der Waals surface area (Å²) in [6.45, 7) is 2.48. The molecule has 110 valence electrons. The van der Waals surface area contributed by atoms with Crippen LogP contribution in [0.2, 0.25) is 0 Å². The maximum atomic E-state index is 12.1. The SMILES string of the molecule is Cc1cccc2nc(CCl)n(CCCCC(F)(F)F)c12. The molecule has 0 bridgehead atoms. The Balaban J connectivity index is 2.16. The van der Waals surface area contributed by atoms with E-state index in [2.05, 4.69) is 4.98 Å². The van der Waals surface area contributed by atoms with Gasteiger partial charge in [0.25, 0.3) is 0 Å². The lowest BCUT2D eigenvalue weighted by molar-refractivity contribution is -0.135. The minimum atomic E-state index is -4.08. The average molecular weight is 305 g/mol. The van der Waals surface area contributed by atoms with Crippen LogP contribution in [0.4, 0.5) is 13.2 Å². The van der Waals surface area contributed by atoms with Crippen LogP contribution in [0.15, 0.2) is 18.2 Å². The minimum absolute atomic E-state index is 0.122. The first-order valence-corrected chi connectivity index (χ1v) is 7.03. The highest BCUT2D eigenvalue weighted by molar-refractivity contribution is 6.16. The van der Waals surface area contributed by atoms with E-state index in [1.165, 1.54) is 0 Å². The molecule has 0 fully saturated rings. The van der Waals surface area contributed by atoms with Gasteiger partial charge in [-0.1, -0.05) is 12.1 Å². The number of fused-ring (bicyclic) bond motifs is 1. The van der Waals surface area contributed by atoms with Crippen molar-refractivity contribution in [1.82, 2.24) is 9.55 Å². The van der Waals surface area contributed by atoms with Gasteiger partial charge in [0.2, 0.25) is 0 Å². The number of aromatic nitrogens is 2. The molecule has 0 saturated carbocycles. The molecule has 0 radical (unpaired) electrons. The van der Waals surface area contributed by atoms with Gasteiger partial charge in [-0.25, -0.2) is 4.98 Å². The van der Waals surface area contributed by atoms with E-state index < -0.39 is 12.6 Å². The van der Waals surface area contributed by atoms with Crippen molar-refractivity contribution in [3.63, 3.8) is 0 Å². The summed E-state index contributed by atoms with van der Waals surface area (Å²) in [5.74, 6) is 0.968. The fourth-order valence-electron chi connectivity index (χ4n) is 2.35. The van der Waals surface area contributed by atoms with Crippen molar-refractivity contribution in [3.05, 3.63) is 29.6 Å². The maximum Gasteiger partial charge on any atom is 0.389 e. The standard InChI is InChI=1S/C14H16ClF3N2/c1-10-5-4-6-11-13(10)20(12(9-15)19-11)8-3-2-7-14(16,17)18/h4-6H,2-3,7-9H2,1H3. The van der Waals surface area contributed by atoms with Crippen molar-refractivity contribution >= 4 is 22.6 Å². The highest BCUT2D eigenvalue weighted by atomic mass is 35.5. The molecule has 0 amide bonds. The molecule has 2 nitrogen and oxygen atoms in total. The van der Waals surface area contributed by atoms with Gasteiger partial charge < -0.3 is 4.57 Å². The summed E-state index contributed by atoms with van der Waals surface area (Å²) in [5.41, 5.74) is 2.87. The van der Waals surface area contributed by atoms with Crippen LogP contribution in [0, 0.1) is 6.92 Å². The highest BCUT2D eigenvalue weighted by Gasteiger charge is 2.26. The summed E-state index contributed by atoms with van der Waals surface area (Å²) < 4.78 is 38.4. The number of nitrogens with zero attached hydrogens (tertiary/aromatic N) is 2. The van der Waals surface area contributed by atoms with Crippen molar-refractivity contribution in [2.75, 3.05) is 0 Å². The van der Waals surface area contributed by atoms with Crippen LogP contribution in [0.3, 0.4) is 0 Å². The van der Waals surface area contributed by atoms with E-state index in [0.717, 1.165) is 16.6 Å². The number of alkyl halides is 4. The molecular weight excluding hydrogens is 289 g/mol. The Labute approximate surface area is 120 Å². The van der Waals surface area contributed by atoms with Gasteiger partial charge in [-0.2, -0.15) is 13.2 Å². The Bertz CT molecular complexity index is 590. The predicted molar refractivity (Wildman–Crippen MR) is 73.9 cm³/mol. The topological polar surface area (TPSA) is 17.8 Å². The van der Waals surface area contributed by atoms with Gasteiger partial charge in [-0.3, -0.25) is 0 Å². The number of aryl methyl sites for hydroxylation is 2. The summed E-state index contributed by atoms with van der Waals surface area (Å²) in [6, 6.07) is 5.77. The zero-order valence-electron chi connectivity index (χ0n) is 11.2. The van der Waals surface area contributed by atoms with Crippen LogP contribution in [-0.2, 0) is 12.4 Å². The number of hydrogen-bond donors (Lipinski definition) is 0. The lowest BCUT2D eigenvalue weighted by Gasteiger charge is -2.10. The van der Waals surface area contributed by atoms with Crippen molar-refractivity contribution in [2.45, 2.75) is 44.8 Å². The van der Waals surface area contributed by atoms with E-state index in [-0.39, 0.29) is 12.3 Å². The second kappa shape index (κ2) is 6.04. The number of para-hydroxylation sites is 1. The Morgan fingerprint density at radius 3 is 2.65 bits per heavy atom. The van der Waals surface area contributed by atoms with Gasteiger partial charge in [0, 0.05) is 13.0 Å². The molecule has 0 aliphatic rings. The van der Waals surface area contributed by atoms with E-state index in [4.69, 9.17) is 11.6 Å². The molecule has 0 spiro atoms. The number of rotatable bonds is 5. The molecule has 20 heavy (non-hydrogen) atoms. The molecule has 1 heterocycles. The average Bonchev–Trinajstić information content (AvgIpc) is 2.73. The summed E-state index contributed by atoms with van der Waals surface area (Å²) >= 11 is 5.88. The molecule has 0 N–H and O–H groups in total. The number of halogens is 4. The molecule has 0 aliphatic heterocycles. The first-order chi connectivity index (χ1) is 9.42. The van der Waals surface area contributed by atoms with Crippen LogP contribution < -0.4 is 0 Å². The summed E-state index contributed by atoms with van der Waals surface area (Å²) in [4.78, 5) is 4.43. The van der Waals surface area contributed by atoms with Crippen molar-refractivity contribution < 1.29 is 13.2 Å². The predicted octanol–water partition coefficient (Wildman–Crippen LogP) is 4.82. The second-order valence-electron chi connectivity index (χ2n) is 4.83. The number of hydrogen-bond acceptors (Lipinski definition) is 1. The van der Waals surface area contributed by atoms with E-state index in [1.54, 1.807) is 0 Å². The first kappa shape index (κ1) is 15.2. The first-order valence-electron chi connectivity index (χ1n) is 6.50. The smallest absolute Gasteiger partial charge is 0.327 e. The molecule has 0 aliphatic carbocycles. The highest BCUT2D eigenvalue weighted by Crippen LogP contribution is 2.24. The second-order valence-corrected chi connectivity index (χ2v) is 5.10. The molecule has 2 rings (SSSR count). The van der Waals surface area contributed by atoms with Gasteiger partial charge >= 0.3 is 6.18 Å². The van der Waals surface area contributed by atoms with Crippen LogP contribution in [0.5, 0.6) is 0 Å². The number of imidazole rings is 1. The Morgan fingerprint density at radius 2 is 2.00 bits per heavy atom. The molecule has 2 aromatic rings. The summed E-state index contributed by atoms with van der Waals surface area (Å²) in [7, 11) is 0. The zero-order valence-corrected chi connectivity index (χ0v) is 11.9. The van der Waals surface area contributed by atoms with Gasteiger partial charge in [0.05, 0.1) is 16.9 Å². The third-order valence-corrected chi connectivity index (χ3v) is 3.50. The van der Waals surface area contributed by atoms with Crippen LogP contribution in [0.25, 0.3) is 11.0 Å². The molecule has 0 unspecified atom stereocenters. The normalized spacial score (nSPS) is 12.2.